The molecule has 0 saturated heterocycles. The van der Waals surface area contributed by atoms with Gasteiger partial charge in [-0.05, 0) is 24.3 Å². The second-order valence-electron chi connectivity index (χ2n) is 7.09. The van der Waals surface area contributed by atoms with Crippen molar-refractivity contribution in [2.75, 3.05) is 11.1 Å². The van der Waals surface area contributed by atoms with E-state index in [4.69, 9.17) is 10.7 Å². The van der Waals surface area contributed by atoms with Gasteiger partial charge in [-0.25, -0.2) is 4.98 Å². The van der Waals surface area contributed by atoms with Crippen LogP contribution in [-0.4, -0.2) is 27.5 Å². The minimum atomic E-state index is -0.498. The zero-order valence-electron chi connectivity index (χ0n) is 17.2. The number of nitrogens with two attached hydrogens (primary N) is 1. The van der Waals surface area contributed by atoms with Gasteiger partial charge >= 0.3 is 0 Å². The van der Waals surface area contributed by atoms with E-state index >= 15 is 0 Å². The summed E-state index contributed by atoms with van der Waals surface area (Å²) in [4.78, 5) is 31.6. The third kappa shape index (κ3) is 5.25. The molecule has 1 aromatic heterocycles. The zero-order chi connectivity index (χ0) is 22.3. The Balaban J connectivity index is 1.41. The smallest absolute Gasteiger partial charge is 0.248 e. The Kier molecular flexibility index (Phi) is 6.67. The highest BCUT2D eigenvalue weighted by atomic mass is 32.2. The first-order chi connectivity index (χ1) is 15.6. The highest BCUT2D eigenvalue weighted by molar-refractivity contribution is 7.99. The number of H-pyrrole nitrogens is 1. The average molecular weight is 443 g/mol. The minimum absolute atomic E-state index is 0.109. The van der Waals surface area contributed by atoms with Crippen LogP contribution in [0.3, 0.4) is 0 Å². The zero-order valence-corrected chi connectivity index (χ0v) is 18.1. The Hall–Kier alpha value is -3.84. The van der Waals surface area contributed by atoms with Crippen LogP contribution >= 0.6 is 11.8 Å². The number of nitrogens with one attached hydrogen (secondary N) is 2. The Morgan fingerprint density at radius 2 is 1.50 bits per heavy atom. The quantitative estimate of drug-likeness (QED) is 0.336. The van der Waals surface area contributed by atoms with Crippen LogP contribution in [0.15, 0.2) is 90.1 Å². The van der Waals surface area contributed by atoms with Gasteiger partial charge in [0.15, 0.2) is 5.16 Å². The summed E-state index contributed by atoms with van der Waals surface area (Å²) in [5, 5.41) is 3.59. The van der Waals surface area contributed by atoms with E-state index in [2.05, 4.69) is 10.3 Å². The van der Waals surface area contributed by atoms with Gasteiger partial charge in [-0.15, -0.1) is 0 Å². The molecule has 4 rings (SSSR count). The predicted molar refractivity (Wildman–Crippen MR) is 128 cm³/mol. The summed E-state index contributed by atoms with van der Waals surface area (Å²) in [6.45, 7) is 0. The monoisotopic (exact) mass is 442 g/mol. The molecule has 0 aliphatic heterocycles. The molecule has 0 bridgehead atoms. The van der Waals surface area contributed by atoms with E-state index in [0.717, 1.165) is 27.7 Å². The van der Waals surface area contributed by atoms with Crippen LogP contribution in [0.1, 0.15) is 16.8 Å². The van der Waals surface area contributed by atoms with Gasteiger partial charge < -0.3 is 16.0 Å². The Labute approximate surface area is 190 Å². The van der Waals surface area contributed by atoms with Gasteiger partial charge in [-0.1, -0.05) is 72.4 Å². The van der Waals surface area contributed by atoms with Crippen LogP contribution in [0, 0.1) is 0 Å². The fraction of sp³-hybridized carbons (Fsp3) is 0.0800. The summed E-state index contributed by atoms with van der Waals surface area (Å²) in [6.07, 6.45) is 0.324. The topological polar surface area (TPSA) is 101 Å². The van der Waals surface area contributed by atoms with Gasteiger partial charge in [0.2, 0.25) is 11.8 Å². The number of rotatable bonds is 8. The van der Waals surface area contributed by atoms with Crippen molar-refractivity contribution in [3.05, 3.63) is 90.5 Å². The fourth-order valence-electron chi connectivity index (χ4n) is 3.22. The molecule has 4 aromatic rings. The normalized spacial score (nSPS) is 10.6. The van der Waals surface area contributed by atoms with Gasteiger partial charge in [-0.2, -0.15) is 0 Å². The first-order valence-electron chi connectivity index (χ1n) is 10.1. The van der Waals surface area contributed by atoms with Gasteiger partial charge in [0.05, 0.1) is 11.4 Å². The fourth-order valence-corrected chi connectivity index (χ4v) is 4.03. The first-order valence-corrected chi connectivity index (χ1v) is 11.1. The number of primary amides is 1. The van der Waals surface area contributed by atoms with E-state index in [0.29, 0.717) is 23.4 Å². The summed E-state index contributed by atoms with van der Waals surface area (Å²) in [5.41, 5.74) is 10.2. The molecule has 1 heterocycles. The predicted octanol–water partition coefficient (Wildman–Crippen LogP) is 4.96. The van der Waals surface area contributed by atoms with Crippen LogP contribution in [-0.2, 0) is 4.79 Å². The number of imidazole rings is 1. The van der Waals surface area contributed by atoms with Crippen LogP contribution in [0.4, 0.5) is 5.69 Å². The van der Waals surface area contributed by atoms with Crippen molar-refractivity contribution in [3.8, 4) is 22.5 Å². The lowest BCUT2D eigenvalue weighted by Crippen LogP contribution is -2.13. The largest absolute Gasteiger partial charge is 0.366 e. The summed E-state index contributed by atoms with van der Waals surface area (Å²) in [6, 6.07) is 26.6. The molecule has 0 aliphatic rings. The number of carbonyl (C=O) groups excluding carboxylic acids is 2. The average Bonchev–Trinajstić information content (AvgIpc) is 3.25. The molecular formula is C25H22N4O2S. The van der Waals surface area contributed by atoms with Gasteiger partial charge in [-0.3, -0.25) is 9.59 Å². The number of carbonyl (C=O) groups is 2. The molecule has 6 nitrogen and oxygen atoms in total. The molecule has 0 unspecified atom stereocenters. The van der Waals surface area contributed by atoms with Crippen molar-refractivity contribution in [2.24, 2.45) is 5.73 Å². The highest BCUT2D eigenvalue weighted by Crippen LogP contribution is 2.32. The van der Waals surface area contributed by atoms with E-state index in [-0.39, 0.29) is 5.91 Å². The van der Waals surface area contributed by atoms with Crippen molar-refractivity contribution in [1.82, 2.24) is 9.97 Å². The van der Waals surface area contributed by atoms with E-state index in [1.807, 2.05) is 60.7 Å². The summed E-state index contributed by atoms with van der Waals surface area (Å²) < 4.78 is 0. The van der Waals surface area contributed by atoms with E-state index in [9.17, 15) is 9.59 Å². The van der Waals surface area contributed by atoms with Gasteiger partial charge in [0.25, 0.3) is 0 Å². The maximum atomic E-state index is 12.3. The van der Waals surface area contributed by atoms with Crippen molar-refractivity contribution in [2.45, 2.75) is 11.6 Å². The van der Waals surface area contributed by atoms with Gasteiger partial charge in [0.1, 0.15) is 0 Å². The second-order valence-corrected chi connectivity index (χ2v) is 8.17. The molecule has 0 radical (unpaired) electrons. The lowest BCUT2D eigenvalue weighted by Gasteiger charge is -2.05. The lowest BCUT2D eigenvalue weighted by atomic mass is 10.1. The molecular weight excluding hydrogens is 420 g/mol. The third-order valence-electron chi connectivity index (χ3n) is 4.81. The van der Waals surface area contributed by atoms with Crippen LogP contribution in [0.25, 0.3) is 22.5 Å². The van der Waals surface area contributed by atoms with Gasteiger partial charge in [0, 0.05) is 34.6 Å². The maximum Gasteiger partial charge on any atom is 0.248 e. The minimum Gasteiger partial charge on any atom is -0.366 e. The molecule has 4 N–H and O–H groups in total. The maximum absolute atomic E-state index is 12.3. The van der Waals surface area contributed by atoms with Crippen LogP contribution < -0.4 is 11.1 Å². The number of hydrogen-bond acceptors (Lipinski definition) is 4. The number of benzene rings is 3. The molecule has 7 heteroatoms. The number of hydrogen-bond donors (Lipinski definition) is 3. The number of aromatic nitrogens is 2. The molecule has 0 atom stereocenters. The molecule has 0 saturated carbocycles. The van der Waals surface area contributed by atoms with Crippen molar-refractivity contribution in [3.63, 3.8) is 0 Å². The standard InChI is InChI=1S/C25H22N4O2S/c26-24(31)19-11-13-20(14-12-19)27-21(30)15-16-32-25-28-22(17-7-3-1-4-8-17)23(29-25)18-9-5-2-6-10-18/h1-14H,15-16H2,(H2,26,31)(H,27,30)(H,28,29). The second kappa shape index (κ2) is 9.98. The highest BCUT2D eigenvalue weighted by Gasteiger charge is 2.14. The Morgan fingerprint density at radius 1 is 0.875 bits per heavy atom. The first kappa shape index (κ1) is 21.4. The van der Waals surface area contributed by atoms with Crippen LogP contribution in [0.2, 0.25) is 0 Å². The molecule has 2 amide bonds. The van der Waals surface area contributed by atoms with Crippen molar-refractivity contribution in [1.29, 1.82) is 0 Å². The number of anilines is 1. The lowest BCUT2D eigenvalue weighted by molar-refractivity contribution is -0.115. The third-order valence-corrected chi connectivity index (χ3v) is 5.69. The Bertz CT molecular complexity index is 1150. The number of thioether (sulfide) groups is 1. The molecule has 32 heavy (non-hydrogen) atoms. The Morgan fingerprint density at radius 3 is 2.12 bits per heavy atom. The van der Waals surface area contributed by atoms with Crippen molar-refractivity contribution >= 4 is 29.3 Å². The molecule has 3 aromatic carbocycles. The summed E-state index contributed by atoms with van der Waals surface area (Å²) in [7, 11) is 0. The molecule has 0 spiro atoms. The van der Waals surface area contributed by atoms with Crippen LogP contribution in [0.5, 0.6) is 0 Å². The number of nitrogens with zero attached hydrogens (tertiary/aromatic N) is 1. The number of aromatic amines is 1. The van der Waals surface area contributed by atoms with E-state index in [1.165, 1.54) is 11.8 Å². The summed E-state index contributed by atoms with van der Waals surface area (Å²) in [5.74, 6) is -0.0359. The number of amides is 2. The summed E-state index contributed by atoms with van der Waals surface area (Å²) >= 11 is 1.50. The molecule has 160 valence electrons. The van der Waals surface area contributed by atoms with Crippen molar-refractivity contribution < 1.29 is 9.59 Å². The van der Waals surface area contributed by atoms with E-state index < -0.39 is 5.91 Å². The van der Waals surface area contributed by atoms with E-state index in [1.54, 1.807) is 24.3 Å². The molecule has 0 aliphatic carbocycles. The SMILES string of the molecule is NC(=O)c1ccc(NC(=O)CCSc2nc(-c3ccccc3)c(-c3ccccc3)[nH]2)cc1. The molecule has 0 fully saturated rings.